The van der Waals surface area contributed by atoms with Gasteiger partial charge in [0.25, 0.3) is 0 Å². The van der Waals surface area contributed by atoms with Crippen molar-refractivity contribution in [3.05, 3.63) is 30.4 Å². The molecule has 1 saturated heterocycles. The van der Waals surface area contributed by atoms with Crippen LogP contribution in [0, 0.1) is 6.92 Å². The van der Waals surface area contributed by atoms with E-state index in [9.17, 15) is 13.2 Å². The van der Waals surface area contributed by atoms with E-state index in [1.54, 1.807) is 40.7 Å². The summed E-state index contributed by atoms with van der Waals surface area (Å²) in [4.78, 5) is 11.7. The lowest BCUT2D eigenvalue weighted by molar-refractivity contribution is -0.180. The number of ether oxygens (including phenoxy) is 1. The second-order valence-corrected chi connectivity index (χ2v) is 8.51. The third kappa shape index (κ3) is 5.99. The first-order valence-corrected chi connectivity index (χ1v) is 10.9. The Kier molecular flexibility index (Phi) is 9.15. The Morgan fingerprint density at radius 2 is 1.89 bits per heavy atom. The van der Waals surface area contributed by atoms with Crippen LogP contribution < -0.4 is 15.0 Å². The van der Waals surface area contributed by atoms with Crippen LogP contribution in [0.2, 0.25) is 0 Å². The number of hydrogen-bond acceptors (Lipinski definition) is 8. The topological polar surface area (TPSA) is 121 Å². The average molecular weight is 534 g/mol. The molecule has 1 aliphatic rings. The van der Waals surface area contributed by atoms with E-state index in [1.165, 1.54) is 11.9 Å². The predicted molar refractivity (Wildman–Crippen MR) is 132 cm³/mol. The molecule has 36 heavy (non-hydrogen) atoms. The van der Waals surface area contributed by atoms with Gasteiger partial charge in [0.05, 0.1) is 13.2 Å². The van der Waals surface area contributed by atoms with Gasteiger partial charge in [0.2, 0.25) is 11.9 Å². The molecule has 1 unspecified atom stereocenters. The van der Waals surface area contributed by atoms with Crippen molar-refractivity contribution in [3.63, 3.8) is 0 Å². The first-order chi connectivity index (χ1) is 16.1. The highest BCUT2D eigenvalue weighted by Gasteiger charge is 2.45. The van der Waals surface area contributed by atoms with Crippen LogP contribution in [0.15, 0.2) is 24.5 Å². The molecule has 3 heterocycles. The van der Waals surface area contributed by atoms with E-state index >= 15 is 0 Å². The number of likely N-dealkylation sites (N-methyl/N-ethyl adjacent to an activating group) is 1. The van der Waals surface area contributed by atoms with Crippen molar-refractivity contribution in [3.8, 4) is 11.4 Å². The number of nitrogens with zero attached hydrogens (tertiary/aromatic N) is 8. The summed E-state index contributed by atoms with van der Waals surface area (Å²) in [7, 11) is 3.05. The van der Waals surface area contributed by atoms with Gasteiger partial charge >= 0.3 is 6.18 Å². The summed E-state index contributed by atoms with van der Waals surface area (Å²) in [5.74, 6) is 1.89. The summed E-state index contributed by atoms with van der Waals surface area (Å²) in [5.41, 5.74) is 1.38. The fourth-order valence-corrected chi connectivity index (χ4v) is 3.87. The van der Waals surface area contributed by atoms with Gasteiger partial charge in [-0.05, 0) is 40.0 Å². The highest BCUT2D eigenvalue weighted by molar-refractivity contribution is 5.85. The molecule has 11 nitrogen and oxygen atoms in total. The van der Waals surface area contributed by atoms with Crippen LogP contribution in [-0.4, -0.2) is 85.9 Å². The van der Waals surface area contributed by atoms with Gasteiger partial charge in [0.1, 0.15) is 29.6 Å². The molecule has 0 aliphatic carbocycles. The van der Waals surface area contributed by atoms with Gasteiger partial charge < -0.3 is 20.4 Å². The minimum Gasteiger partial charge on any atom is -0.494 e. The zero-order chi connectivity index (χ0) is 24.6. The van der Waals surface area contributed by atoms with E-state index < -0.39 is 12.2 Å². The van der Waals surface area contributed by atoms with Gasteiger partial charge in [-0.1, -0.05) is 0 Å². The number of halogens is 4. The van der Waals surface area contributed by atoms with E-state index in [0.29, 0.717) is 35.4 Å². The molecular weight excluding hydrogens is 503 g/mol. The highest BCUT2D eigenvalue weighted by atomic mass is 35.5. The lowest BCUT2D eigenvalue weighted by Crippen LogP contribution is -2.58. The molecule has 2 aromatic heterocycles. The van der Waals surface area contributed by atoms with Crippen LogP contribution in [-0.2, 0) is 0 Å². The average Bonchev–Trinajstić information content (AvgIpc) is 3.39. The molecule has 0 saturated carbocycles. The maximum Gasteiger partial charge on any atom is 0.405 e. The SMILES string of the molecule is COc1cc(Nc2nc(N3CCN(C)C(C(F)(F)F)C3)n(C(C)C)n2)ccc1-n1cnc(C)n1.Cl.O. The number of piperazine rings is 1. The van der Waals surface area contributed by atoms with E-state index in [-0.39, 0.29) is 43.0 Å². The standard InChI is InChI=1S/C21H28F3N9O.ClH.H2O/c1-13(2)33-20(31-9-8-30(4)18(11-31)21(22,23)24)27-19(29-33)26-15-6-7-16(17(10-15)34-5)32-12-25-14(3)28-32;;/h6-7,10,12-13,18H,8-9,11H2,1-5H3,(H,26,29);1H;1H2. The van der Waals surface area contributed by atoms with Gasteiger partial charge in [-0.25, -0.2) is 14.3 Å². The molecule has 3 aromatic rings. The maximum absolute atomic E-state index is 13.5. The summed E-state index contributed by atoms with van der Waals surface area (Å²) in [6.45, 7) is 6.12. The summed E-state index contributed by atoms with van der Waals surface area (Å²) in [6, 6.07) is 3.77. The molecular formula is C21H31ClF3N9O2. The molecule has 0 amide bonds. The molecule has 3 N–H and O–H groups in total. The Balaban J connectivity index is 0.00000228. The number of hydrogen-bond donors (Lipinski definition) is 1. The Bertz CT molecular complexity index is 1150. The van der Waals surface area contributed by atoms with Crippen molar-refractivity contribution in [2.75, 3.05) is 44.0 Å². The lowest BCUT2D eigenvalue weighted by atomic mass is 10.2. The number of nitrogens with one attached hydrogen (secondary N) is 1. The van der Waals surface area contributed by atoms with E-state index in [1.807, 2.05) is 26.0 Å². The van der Waals surface area contributed by atoms with Crippen LogP contribution in [0.25, 0.3) is 5.69 Å². The second-order valence-electron chi connectivity index (χ2n) is 8.51. The Labute approximate surface area is 213 Å². The number of anilines is 3. The third-order valence-corrected chi connectivity index (χ3v) is 5.70. The monoisotopic (exact) mass is 533 g/mol. The second kappa shape index (κ2) is 11.3. The van der Waals surface area contributed by atoms with Gasteiger partial charge in [-0.2, -0.15) is 23.3 Å². The van der Waals surface area contributed by atoms with Crippen molar-refractivity contribution in [2.24, 2.45) is 0 Å². The third-order valence-electron chi connectivity index (χ3n) is 5.70. The van der Waals surface area contributed by atoms with E-state index in [2.05, 4.69) is 25.5 Å². The first-order valence-electron chi connectivity index (χ1n) is 10.9. The molecule has 4 rings (SSSR count). The number of benzene rings is 1. The minimum absolute atomic E-state index is 0. The van der Waals surface area contributed by atoms with Crippen molar-refractivity contribution in [1.29, 1.82) is 0 Å². The molecule has 0 spiro atoms. The Morgan fingerprint density at radius 1 is 1.17 bits per heavy atom. The van der Waals surface area contributed by atoms with Crippen LogP contribution in [0.1, 0.15) is 25.7 Å². The zero-order valence-electron chi connectivity index (χ0n) is 20.6. The quantitative estimate of drug-likeness (QED) is 0.513. The van der Waals surface area contributed by atoms with Crippen molar-refractivity contribution in [2.45, 2.75) is 39.0 Å². The molecule has 15 heteroatoms. The van der Waals surface area contributed by atoms with Gasteiger partial charge in [0, 0.05) is 31.4 Å². The fourth-order valence-electron chi connectivity index (χ4n) is 3.87. The lowest BCUT2D eigenvalue weighted by Gasteiger charge is -2.40. The summed E-state index contributed by atoms with van der Waals surface area (Å²) in [5, 5.41) is 12.0. The smallest absolute Gasteiger partial charge is 0.405 e. The first kappa shape index (κ1) is 29.1. The van der Waals surface area contributed by atoms with Crippen LogP contribution >= 0.6 is 12.4 Å². The summed E-state index contributed by atoms with van der Waals surface area (Å²) < 4.78 is 49.3. The highest BCUT2D eigenvalue weighted by Crippen LogP contribution is 2.31. The number of aromatic nitrogens is 6. The molecule has 200 valence electrons. The maximum atomic E-state index is 13.5. The Morgan fingerprint density at radius 3 is 2.47 bits per heavy atom. The minimum atomic E-state index is -4.32. The van der Waals surface area contributed by atoms with Gasteiger partial charge in [-0.15, -0.1) is 17.5 Å². The van der Waals surface area contributed by atoms with Crippen LogP contribution in [0.3, 0.4) is 0 Å². The summed E-state index contributed by atoms with van der Waals surface area (Å²) >= 11 is 0. The molecule has 1 aliphatic heterocycles. The molecule has 1 fully saturated rings. The molecule has 1 aromatic carbocycles. The van der Waals surface area contributed by atoms with Crippen molar-refractivity contribution >= 4 is 30.0 Å². The zero-order valence-corrected chi connectivity index (χ0v) is 21.4. The number of methoxy groups -OCH3 is 1. The number of alkyl halides is 3. The van der Waals surface area contributed by atoms with E-state index in [0.717, 1.165) is 0 Å². The summed E-state index contributed by atoms with van der Waals surface area (Å²) in [6.07, 6.45) is -2.72. The normalized spacial score (nSPS) is 16.5. The molecule has 0 bridgehead atoms. The van der Waals surface area contributed by atoms with Crippen molar-refractivity contribution in [1.82, 2.24) is 34.4 Å². The van der Waals surface area contributed by atoms with Crippen LogP contribution in [0.4, 0.5) is 30.8 Å². The Hall–Kier alpha value is -3.10. The molecule has 1 atom stereocenters. The fraction of sp³-hybridized carbons (Fsp3) is 0.524. The molecule has 0 radical (unpaired) electrons. The van der Waals surface area contributed by atoms with Gasteiger partial charge in [0.15, 0.2) is 0 Å². The van der Waals surface area contributed by atoms with Crippen molar-refractivity contribution < 1.29 is 23.4 Å². The number of rotatable bonds is 6. The van der Waals surface area contributed by atoms with Crippen LogP contribution in [0.5, 0.6) is 5.75 Å². The van der Waals surface area contributed by atoms with Gasteiger partial charge in [-0.3, -0.25) is 4.90 Å². The van der Waals surface area contributed by atoms with E-state index in [4.69, 9.17) is 4.74 Å². The number of aryl methyl sites for hydroxylation is 1. The largest absolute Gasteiger partial charge is 0.494 e. The predicted octanol–water partition coefficient (Wildman–Crippen LogP) is 2.78.